The molecule has 2 aromatic carbocycles. The summed E-state index contributed by atoms with van der Waals surface area (Å²) in [5.41, 5.74) is 6.77. The zero-order valence-corrected chi connectivity index (χ0v) is 16.4. The number of rotatable bonds is 4. The van der Waals surface area contributed by atoms with Gasteiger partial charge in [0.25, 0.3) is 0 Å². The number of nitrogens with zero attached hydrogens (tertiary/aromatic N) is 3. The van der Waals surface area contributed by atoms with Crippen LogP contribution >= 0.6 is 0 Å². The highest BCUT2D eigenvalue weighted by Gasteiger charge is 2.32. The van der Waals surface area contributed by atoms with E-state index in [0.717, 1.165) is 6.07 Å². The van der Waals surface area contributed by atoms with Gasteiger partial charge in [-0.3, -0.25) is 5.32 Å². The van der Waals surface area contributed by atoms with Crippen molar-refractivity contribution in [2.75, 3.05) is 17.7 Å². The Morgan fingerprint density at radius 3 is 2.68 bits per heavy atom. The van der Waals surface area contributed by atoms with Crippen molar-refractivity contribution in [3.63, 3.8) is 0 Å². The van der Waals surface area contributed by atoms with Crippen molar-refractivity contribution in [2.45, 2.75) is 19.6 Å². The number of nitrogens with one attached hydrogen (secondary N) is 1. The summed E-state index contributed by atoms with van der Waals surface area (Å²) in [6, 6.07) is 10.7. The van der Waals surface area contributed by atoms with E-state index in [0.29, 0.717) is 21.8 Å². The fraction of sp³-hybridized carbons (Fsp3) is 0.190. The molecule has 3 N–H and O–H groups in total. The minimum Gasteiger partial charge on any atom is -0.450 e. The number of ether oxygens (including phenoxy) is 1. The molecule has 0 fully saturated rings. The van der Waals surface area contributed by atoms with E-state index in [9.17, 15) is 18.0 Å². The first kappa shape index (κ1) is 20.5. The van der Waals surface area contributed by atoms with E-state index in [1.165, 1.54) is 12.1 Å². The molecule has 7 nitrogen and oxygen atoms in total. The average Bonchev–Trinajstić information content (AvgIpc) is 3.10. The van der Waals surface area contributed by atoms with Gasteiger partial charge in [0, 0.05) is 23.6 Å². The number of hydrogen-bond donors (Lipinski definition) is 2. The van der Waals surface area contributed by atoms with Gasteiger partial charge in [0.2, 0.25) is 5.95 Å². The molecule has 4 aromatic rings. The molecule has 31 heavy (non-hydrogen) atoms. The number of alkyl halides is 3. The van der Waals surface area contributed by atoms with Gasteiger partial charge in [-0.2, -0.15) is 18.2 Å². The summed E-state index contributed by atoms with van der Waals surface area (Å²) in [5, 5.41) is 3.65. The van der Waals surface area contributed by atoms with Gasteiger partial charge in [0.15, 0.2) is 0 Å². The maximum absolute atomic E-state index is 13.3. The normalized spacial score (nSPS) is 11.7. The lowest BCUT2D eigenvalue weighted by Crippen LogP contribution is -2.16. The van der Waals surface area contributed by atoms with Gasteiger partial charge in [-0.25, -0.2) is 9.78 Å². The molecular weight excluding hydrogens is 411 g/mol. The molecule has 0 saturated heterocycles. The standard InChI is InChI=1S/C21H18F3N5O2/c1-2-31-20(30)28-19-26-15-7-8-16-13(17(15)18(25)27-19)9-10-29(16)11-12-5-3-4-6-14(12)21(22,23)24/h3-10H,2,11H2,1H3,(H3,25,26,27,28,30). The van der Waals surface area contributed by atoms with Crippen LogP contribution in [0.25, 0.3) is 21.8 Å². The molecule has 2 aromatic heterocycles. The Labute approximate surface area is 174 Å². The van der Waals surface area contributed by atoms with Crippen molar-refractivity contribution in [3.8, 4) is 0 Å². The first-order valence-electron chi connectivity index (χ1n) is 9.42. The van der Waals surface area contributed by atoms with Crippen molar-refractivity contribution >= 4 is 39.7 Å². The van der Waals surface area contributed by atoms with Crippen molar-refractivity contribution in [3.05, 3.63) is 59.8 Å². The number of nitrogen functional groups attached to an aromatic ring is 1. The molecule has 0 aliphatic rings. The van der Waals surface area contributed by atoms with Crippen LogP contribution < -0.4 is 11.1 Å². The second kappa shape index (κ2) is 7.78. The van der Waals surface area contributed by atoms with E-state index in [1.807, 2.05) is 0 Å². The summed E-state index contributed by atoms with van der Waals surface area (Å²) in [6.07, 6.45) is -3.44. The number of hydrogen-bond acceptors (Lipinski definition) is 5. The lowest BCUT2D eigenvalue weighted by Gasteiger charge is -2.14. The number of fused-ring (bicyclic) bond motifs is 3. The fourth-order valence-corrected chi connectivity index (χ4v) is 3.50. The van der Waals surface area contributed by atoms with E-state index in [4.69, 9.17) is 10.5 Å². The van der Waals surface area contributed by atoms with Crippen LogP contribution in [0.3, 0.4) is 0 Å². The number of benzene rings is 2. The van der Waals surface area contributed by atoms with E-state index >= 15 is 0 Å². The number of carbonyl (C=O) groups excluding carboxylic acids is 1. The predicted molar refractivity (Wildman–Crippen MR) is 111 cm³/mol. The highest BCUT2D eigenvalue weighted by Crippen LogP contribution is 2.34. The quantitative estimate of drug-likeness (QED) is 0.486. The van der Waals surface area contributed by atoms with Crippen LogP contribution in [0.4, 0.5) is 29.7 Å². The lowest BCUT2D eigenvalue weighted by molar-refractivity contribution is -0.138. The van der Waals surface area contributed by atoms with Crippen molar-refractivity contribution in [1.29, 1.82) is 0 Å². The van der Waals surface area contributed by atoms with Crippen LogP contribution in [-0.2, 0) is 17.5 Å². The molecule has 4 rings (SSSR count). The van der Waals surface area contributed by atoms with Gasteiger partial charge in [0.05, 0.1) is 23.1 Å². The Hall–Kier alpha value is -3.82. The Bertz CT molecular complexity index is 1280. The van der Waals surface area contributed by atoms with Gasteiger partial charge in [-0.15, -0.1) is 0 Å². The zero-order valence-electron chi connectivity index (χ0n) is 16.4. The van der Waals surface area contributed by atoms with Gasteiger partial charge in [-0.05, 0) is 36.8 Å². The molecule has 0 spiro atoms. The largest absolute Gasteiger partial charge is 0.450 e. The van der Waals surface area contributed by atoms with Crippen molar-refractivity contribution < 1.29 is 22.7 Å². The average molecular weight is 429 g/mol. The number of amides is 1. The number of aromatic nitrogens is 3. The predicted octanol–water partition coefficient (Wildman–Crippen LogP) is 4.80. The third kappa shape index (κ3) is 3.96. The van der Waals surface area contributed by atoms with E-state index in [1.54, 1.807) is 42.0 Å². The molecule has 0 radical (unpaired) electrons. The van der Waals surface area contributed by atoms with Crippen LogP contribution in [0, 0.1) is 0 Å². The van der Waals surface area contributed by atoms with Crippen LogP contribution in [0.15, 0.2) is 48.7 Å². The summed E-state index contributed by atoms with van der Waals surface area (Å²) >= 11 is 0. The molecule has 1 amide bonds. The number of halogens is 3. The molecule has 0 aliphatic carbocycles. The second-order valence-electron chi connectivity index (χ2n) is 6.77. The molecule has 0 bridgehead atoms. The molecule has 0 aliphatic heterocycles. The summed E-state index contributed by atoms with van der Waals surface area (Å²) in [4.78, 5) is 20.0. The summed E-state index contributed by atoms with van der Waals surface area (Å²) < 4.78 is 46.6. The second-order valence-corrected chi connectivity index (χ2v) is 6.77. The van der Waals surface area contributed by atoms with Gasteiger partial charge in [0.1, 0.15) is 5.82 Å². The number of anilines is 2. The van der Waals surface area contributed by atoms with Crippen molar-refractivity contribution in [2.24, 2.45) is 0 Å². The van der Waals surface area contributed by atoms with Crippen LogP contribution in [-0.4, -0.2) is 27.2 Å². The van der Waals surface area contributed by atoms with Gasteiger partial charge in [-0.1, -0.05) is 18.2 Å². The smallest absolute Gasteiger partial charge is 0.416 e. The summed E-state index contributed by atoms with van der Waals surface area (Å²) in [6.45, 7) is 1.90. The Morgan fingerprint density at radius 1 is 1.16 bits per heavy atom. The summed E-state index contributed by atoms with van der Waals surface area (Å²) in [7, 11) is 0. The highest BCUT2D eigenvalue weighted by atomic mass is 19.4. The van der Waals surface area contributed by atoms with Gasteiger partial charge < -0.3 is 15.0 Å². The maximum Gasteiger partial charge on any atom is 0.416 e. The Balaban J connectivity index is 1.75. The number of nitrogens with two attached hydrogens (primary N) is 1. The first-order valence-corrected chi connectivity index (χ1v) is 9.42. The summed E-state index contributed by atoms with van der Waals surface area (Å²) in [5.74, 6) is 0.136. The third-order valence-electron chi connectivity index (χ3n) is 4.79. The highest BCUT2D eigenvalue weighted by molar-refractivity contribution is 6.10. The molecule has 0 unspecified atom stereocenters. The fourth-order valence-electron chi connectivity index (χ4n) is 3.50. The minimum absolute atomic E-state index is 0.00124. The molecule has 0 saturated carbocycles. The van der Waals surface area contributed by atoms with Crippen LogP contribution in [0.2, 0.25) is 0 Å². The van der Waals surface area contributed by atoms with E-state index in [-0.39, 0.29) is 30.5 Å². The maximum atomic E-state index is 13.3. The topological polar surface area (TPSA) is 95.1 Å². The first-order chi connectivity index (χ1) is 14.8. The number of carbonyl (C=O) groups is 1. The van der Waals surface area contributed by atoms with Crippen LogP contribution in [0.1, 0.15) is 18.1 Å². The molecule has 160 valence electrons. The van der Waals surface area contributed by atoms with E-state index < -0.39 is 17.8 Å². The molecule has 0 atom stereocenters. The molecule has 10 heteroatoms. The zero-order chi connectivity index (χ0) is 22.2. The molecular formula is C21H18F3N5O2. The third-order valence-corrected chi connectivity index (χ3v) is 4.79. The van der Waals surface area contributed by atoms with Crippen molar-refractivity contribution in [1.82, 2.24) is 14.5 Å². The van der Waals surface area contributed by atoms with Crippen LogP contribution in [0.5, 0.6) is 0 Å². The lowest BCUT2D eigenvalue weighted by atomic mass is 10.1. The minimum atomic E-state index is -4.44. The SMILES string of the molecule is CCOC(=O)Nc1nc(N)c2c(ccc3c2ccn3Cc2ccccc2C(F)(F)F)n1. The Kier molecular flexibility index (Phi) is 5.14. The molecule has 2 heterocycles. The monoisotopic (exact) mass is 429 g/mol. The Morgan fingerprint density at radius 2 is 1.94 bits per heavy atom. The van der Waals surface area contributed by atoms with Gasteiger partial charge >= 0.3 is 12.3 Å². The van der Waals surface area contributed by atoms with E-state index in [2.05, 4.69) is 15.3 Å².